The van der Waals surface area contributed by atoms with Gasteiger partial charge in [0.2, 0.25) is 15.8 Å². The van der Waals surface area contributed by atoms with E-state index in [-0.39, 0.29) is 16.2 Å². The van der Waals surface area contributed by atoms with E-state index in [9.17, 15) is 18.0 Å². The van der Waals surface area contributed by atoms with Crippen molar-refractivity contribution in [3.63, 3.8) is 0 Å². The van der Waals surface area contributed by atoms with Gasteiger partial charge in [-0.15, -0.1) is 0 Å². The molecule has 0 spiro atoms. The Morgan fingerprint density at radius 2 is 1.57 bits per heavy atom. The zero-order chi connectivity index (χ0) is 20.1. The van der Waals surface area contributed by atoms with Gasteiger partial charge in [-0.2, -0.15) is 4.31 Å². The largest absolute Gasteiger partial charge is 0.451 e. The van der Waals surface area contributed by atoms with Crippen LogP contribution in [-0.2, 0) is 14.8 Å². The van der Waals surface area contributed by atoms with Crippen LogP contribution in [0.15, 0.2) is 59.5 Å². The molecule has 1 saturated heterocycles. The molecule has 0 amide bonds. The first-order valence-electron chi connectivity index (χ1n) is 9.30. The number of carbonyl (C=O) groups is 2. The van der Waals surface area contributed by atoms with Gasteiger partial charge in [-0.1, -0.05) is 42.8 Å². The first-order chi connectivity index (χ1) is 13.4. The molecular formula is C21H23NO5S. The van der Waals surface area contributed by atoms with E-state index in [0.29, 0.717) is 18.7 Å². The number of benzene rings is 2. The van der Waals surface area contributed by atoms with E-state index < -0.39 is 22.1 Å². The van der Waals surface area contributed by atoms with E-state index >= 15 is 0 Å². The van der Waals surface area contributed by atoms with Crippen LogP contribution >= 0.6 is 0 Å². The predicted molar refractivity (Wildman–Crippen MR) is 105 cm³/mol. The number of ketones is 1. The maximum absolute atomic E-state index is 12.8. The number of ether oxygens (including phenoxy) is 1. The number of rotatable bonds is 6. The molecule has 6 nitrogen and oxygen atoms in total. The number of sulfonamides is 1. The Kier molecular flexibility index (Phi) is 6.26. The lowest BCUT2D eigenvalue weighted by Gasteiger charge is -2.26. The molecular weight excluding hydrogens is 378 g/mol. The van der Waals surface area contributed by atoms with Crippen LogP contribution in [0.4, 0.5) is 0 Å². The summed E-state index contributed by atoms with van der Waals surface area (Å²) in [6, 6.07) is 14.3. The number of hydrogen-bond acceptors (Lipinski definition) is 5. The van der Waals surface area contributed by atoms with E-state index in [2.05, 4.69) is 0 Å². The van der Waals surface area contributed by atoms with Crippen LogP contribution in [0, 0.1) is 0 Å². The second kappa shape index (κ2) is 8.67. The highest BCUT2D eigenvalue weighted by Gasteiger charge is 2.27. The number of hydrogen-bond donors (Lipinski definition) is 0. The Bertz CT molecular complexity index is 950. The van der Waals surface area contributed by atoms with Crippen molar-refractivity contribution < 1.29 is 22.7 Å². The Hall–Kier alpha value is -2.51. The third kappa shape index (κ3) is 4.48. The van der Waals surface area contributed by atoms with Gasteiger partial charge in [-0.05, 0) is 38.0 Å². The smallest absolute Gasteiger partial charge is 0.338 e. The number of carbonyl (C=O) groups excluding carboxylic acids is 2. The van der Waals surface area contributed by atoms with E-state index in [4.69, 9.17) is 4.74 Å². The Labute approximate surface area is 165 Å². The van der Waals surface area contributed by atoms with Gasteiger partial charge in [0.25, 0.3) is 0 Å². The molecule has 0 saturated carbocycles. The SMILES string of the molecule is CC(OC(=O)c1cccc(S(=O)(=O)N2CCCCC2)c1)C(=O)c1ccccc1. The van der Waals surface area contributed by atoms with Crippen LogP contribution in [0.5, 0.6) is 0 Å². The van der Waals surface area contributed by atoms with Crippen molar-refractivity contribution in [3.8, 4) is 0 Å². The van der Waals surface area contributed by atoms with E-state index in [1.54, 1.807) is 30.3 Å². The van der Waals surface area contributed by atoms with Gasteiger partial charge >= 0.3 is 5.97 Å². The lowest BCUT2D eigenvalue weighted by molar-refractivity contribution is 0.0318. The summed E-state index contributed by atoms with van der Waals surface area (Å²) in [6.07, 6.45) is 1.71. The molecule has 1 heterocycles. The van der Waals surface area contributed by atoms with Crippen molar-refractivity contribution in [1.82, 2.24) is 4.31 Å². The maximum atomic E-state index is 12.8. The molecule has 1 aliphatic heterocycles. The Balaban J connectivity index is 1.74. The fraction of sp³-hybridized carbons (Fsp3) is 0.333. The van der Waals surface area contributed by atoms with Crippen molar-refractivity contribution in [2.24, 2.45) is 0 Å². The minimum atomic E-state index is -3.65. The van der Waals surface area contributed by atoms with Crippen molar-refractivity contribution in [2.45, 2.75) is 37.2 Å². The normalized spacial score (nSPS) is 16.3. The van der Waals surface area contributed by atoms with Crippen molar-refractivity contribution in [2.75, 3.05) is 13.1 Å². The summed E-state index contributed by atoms with van der Waals surface area (Å²) in [6.45, 7) is 2.47. The summed E-state index contributed by atoms with van der Waals surface area (Å²) in [5, 5.41) is 0. The second-order valence-electron chi connectivity index (χ2n) is 6.77. The molecule has 28 heavy (non-hydrogen) atoms. The minimum absolute atomic E-state index is 0.0610. The van der Waals surface area contributed by atoms with Crippen molar-refractivity contribution >= 4 is 21.8 Å². The highest BCUT2D eigenvalue weighted by atomic mass is 32.2. The molecule has 3 rings (SSSR count). The van der Waals surface area contributed by atoms with Crippen molar-refractivity contribution in [3.05, 3.63) is 65.7 Å². The standard InChI is InChI=1S/C21H23NO5S/c1-16(20(23)17-9-4-2-5-10-17)27-21(24)18-11-8-12-19(15-18)28(25,26)22-13-6-3-7-14-22/h2,4-5,8-12,15-16H,3,6-7,13-14H2,1H3. The molecule has 1 aliphatic rings. The van der Waals surface area contributed by atoms with Gasteiger partial charge < -0.3 is 4.74 Å². The zero-order valence-corrected chi connectivity index (χ0v) is 16.5. The molecule has 1 fully saturated rings. The van der Waals surface area contributed by atoms with Crippen LogP contribution in [0.25, 0.3) is 0 Å². The van der Waals surface area contributed by atoms with Crippen LogP contribution in [0.3, 0.4) is 0 Å². The van der Waals surface area contributed by atoms with Crippen LogP contribution < -0.4 is 0 Å². The lowest BCUT2D eigenvalue weighted by atomic mass is 10.1. The second-order valence-corrected chi connectivity index (χ2v) is 8.71. The first kappa shape index (κ1) is 20.2. The molecule has 0 aromatic heterocycles. The summed E-state index contributed by atoms with van der Waals surface area (Å²) < 4.78 is 32.3. The molecule has 1 unspecified atom stereocenters. The van der Waals surface area contributed by atoms with E-state index in [1.807, 2.05) is 0 Å². The van der Waals surface area contributed by atoms with Crippen LogP contribution in [0.1, 0.15) is 46.9 Å². The highest BCUT2D eigenvalue weighted by molar-refractivity contribution is 7.89. The number of esters is 1. The van der Waals surface area contributed by atoms with Crippen LogP contribution in [0.2, 0.25) is 0 Å². The number of piperidine rings is 1. The van der Waals surface area contributed by atoms with Gasteiger partial charge in [-0.25, -0.2) is 13.2 Å². The quantitative estimate of drug-likeness (QED) is 0.548. The lowest BCUT2D eigenvalue weighted by Crippen LogP contribution is -2.35. The molecule has 2 aromatic carbocycles. The maximum Gasteiger partial charge on any atom is 0.338 e. The average molecular weight is 401 g/mol. The van der Waals surface area contributed by atoms with Crippen molar-refractivity contribution in [1.29, 1.82) is 0 Å². The monoisotopic (exact) mass is 401 g/mol. The van der Waals surface area contributed by atoms with E-state index in [0.717, 1.165) is 19.3 Å². The van der Waals surface area contributed by atoms with Gasteiger partial charge in [0.15, 0.2) is 6.10 Å². The summed E-state index contributed by atoms with van der Waals surface area (Å²) in [4.78, 5) is 24.9. The molecule has 1 atom stereocenters. The molecule has 2 aromatic rings. The van der Waals surface area contributed by atoms with E-state index in [1.165, 1.54) is 35.5 Å². The topological polar surface area (TPSA) is 80.8 Å². The predicted octanol–water partition coefficient (Wildman–Crippen LogP) is 3.29. The molecule has 0 aliphatic carbocycles. The van der Waals surface area contributed by atoms with Gasteiger partial charge in [0.05, 0.1) is 10.5 Å². The summed E-state index contributed by atoms with van der Waals surface area (Å²) in [5.74, 6) is -1.04. The Morgan fingerprint density at radius 1 is 0.929 bits per heavy atom. The third-order valence-corrected chi connectivity index (χ3v) is 6.63. The highest BCUT2D eigenvalue weighted by Crippen LogP contribution is 2.22. The average Bonchev–Trinajstić information content (AvgIpc) is 2.74. The summed E-state index contributed by atoms with van der Waals surface area (Å²) in [5.41, 5.74) is 0.551. The summed E-state index contributed by atoms with van der Waals surface area (Å²) in [7, 11) is -3.65. The third-order valence-electron chi connectivity index (χ3n) is 4.73. The minimum Gasteiger partial charge on any atom is -0.451 e. The molecule has 0 bridgehead atoms. The molecule has 0 radical (unpaired) electrons. The fourth-order valence-electron chi connectivity index (χ4n) is 3.16. The van der Waals surface area contributed by atoms with Gasteiger partial charge in [0.1, 0.15) is 0 Å². The fourth-order valence-corrected chi connectivity index (χ4v) is 4.72. The van der Waals surface area contributed by atoms with Crippen LogP contribution in [-0.4, -0.2) is 43.7 Å². The first-order valence-corrected chi connectivity index (χ1v) is 10.7. The molecule has 0 N–H and O–H groups in total. The van der Waals surface area contributed by atoms with Gasteiger partial charge in [-0.3, -0.25) is 4.79 Å². The zero-order valence-electron chi connectivity index (χ0n) is 15.7. The Morgan fingerprint density at radius 3 is 2.25 bits per heavy atom. The number of Topliss-reactive ketones (excluding diaryl/α,β-unsaturated/α-hetero) is 1. The van der Waals surface area contributed by atoms with Gasteiger partial charge in [0, 0.05) is 18.7 Å². The molecule has 7 heteroatoms. The molecule has 148 valence electrons. The number of nitrogens with zero attached hydrogens (tertiary/aromatic N) is 1. The summed E-state index contributed by atoms with van der Waals surface area (Å²) >= 11 is 0.